The first-order valence-corrected chi connectivity index (χ1v) is 4.64. The first-order valence-electron chi connectivity index (χ1n) is 4.64. The Hall–Kier alpha value is -1.45. The van der Waals surface area contributed by atoms with Gasteiger partial charge in [-0.05, 0) is 12.8 Å². The van der Waals surface area contributed by atoms with Crippen LogP contribution in [0.3, 0.4) is 0 Å². The largest absolute Gasteiger partial charge is 0.497 e. The lowest BCUT2D eigenvalue weighted by molar-refractivity contribution is -0.107. The Morgan fingerprint density at radius 2 is 1.93 bits per heavy atom. The second-order valence-corrected chi connectivity index (χ2v) is 3.13. The van der Waals surface area contributed by atoms with Crippen LogP contribution < -0.4 is 4.74 Å². The number of unbranched alkanes of at least 4 members (excludes halogenated alkanes) is 1. The lowest BCUT2D eigenvalue weighted by Crippen LogP contribution is -1.98. The topological polar surface area (TPSA) is 26.3 Å². The molecular weight excluding hydrogens is 202 g/mol. The molecule has 0 spiro atoms. The van der Waals surface area contributed by atoms with Gasteiger partial charge in [-0.3, -0.25) is 0 Å². The van der Waals surface area contributed by atoms with Crippen LogP contribution in [0, 0.1) is 11.6 Å². The van der Waals surface area contributed by atoms with Crippen LogP contribution in [0.15, 0.2) is 12.1 Å². The molecule has 15 heavy (non-hydrogen) atoms. The van der Waals surface area contributed by atoms with Crippen molar-refractivity contribution < 1.29 is 18.3 Å². The highest BCUT2D eigenvalue weighted by Gasteiger charge is 2.10. The van der Waals surface area contributed by atoms with Crippen LogP contribution in [0.25, 0.3) is 0 Å². The van der Waals surface area contributed by atoms with E-state index in [0.717, 1.165) is 18.4 Å². The van der Waals surface area contributed by atoms with E-state index in [1.807, 2.05) is 0 Å². The van der Waals surface area contributed by atoms with Crippen molar-refractivity contribution in [3.05, 3.63) is 29.3 Å². The third-order valence-electron chi connectivity index (χ3n) is 2.10. The summed E-state index contributed by atoms with van der Waals surface area (Å²) in [7, 11) is 1.35. The number of rotatable bonds is 5. The highest BCUT2D eigenvalue weighted by Crippen LogP contribution is 2.21. The average molecular weight is 214 g/mol. The molecule has 0 saturated carbocycles. The molecule has 0 atom stereocenters. The van der Waals surface area contributed by atoms with Gasteiger partial charge in [-0.2, -0.15) is 0 Å². The second-order valence-electron chi connectivity index (χ2n) is 3.13. The number of hydrogen-bond acceptors (Lipinski definition) is 2. The van der Waals surface area contributed by atoms with E-state index in [1.54, 1.807) is 0 Å². The summed E-state index contributed by atoms with van der Waals surface area (Å²) in [4.78, 5) is 10.1. The summed E-state index contributed by atoms with van der Waals surface area (Å²) < 4.78 is 31.4. The lowest BCUT2D eigenvalue weighted by atomic mass is 10.1. The normalized spacial score (nSPS) is 10.1. The summed E-state index contributed by atoms with van der Waals surface area (Å²) in [5.41, 5.74) is 0.0117. The number of hydrogen-bond donors (Lipinski definition) is 0. The number of ether oxygens (including phenoxy) is 1. The quantitative estimate of drug-likeness (QED) is 0.556. The number of halogens is 2. The van der Waals surface area contributed by atoms with Crippen molar-refractivity contribution in [2.45, 2.75) is 19.3 Å². The predicted molar refractivity (Wildman–Crippen MR) is 51.9 cm³/mol. The molecule has 0 aliphatic carbocycles. The molecule has 0 aliphatic heterocycles. The fourth-order valence-electron chi connectivity index (χ4n) is 1.30. The maximum absolute atomic E-state index is 13.3. The highest BCUT2D eigenvalue weighted by atomic mass is 19.1. The van der Waals surface area contributed by atoms with E-state index in [9.17, 15) is 13.6 Å². The molecule has 0 aliphatic rings. The molecule has 4 heteroatoms. The first-order chi connectivity index (χ1) is 7.19. The first kappa shape index (κ1) is 11.6. The van der Waals surface area contributed by atoms with Gasteiger partial charge in [-0.25, -0.2) is 8.78 Å². The minimum absolute atomic E-state index is 0.0117. The Bertz CT molecular complexity index is 327. The number of carbonyl (C=O) groups is 1. The van der Waals surface area contributed by atoms with Crippen molar-refractivity contribution in [3.8, 4) is 5.75 Å². The van der Waals surface area contributed by atoms with Gasteiger partial charge in [0, 0.05) is 24.1 Å². The van der Waals surface area contributed by atoms with Crippen molar-refractivity contribution in [3.63, 3.8) is 0 Å². The van der Waals surface area contributed by atoms with Gasteiger partial charge in [0.05, 0.1) is 7.11 Å². The smallest absolute Gasteiger partial charge is 0.133 e. The Morgan fingerprint density at radius 3 is 2.40 bits per heavy atom. The minimum atomic E-state index is -0.627. The summed E-state index contributed by atoms with van der Waals surface area (Å²) in [6, 6.07) is 2.28. The molecule has 0 heterocycles. The average Bonchev–Trinajstić information content (AvgIpc) is 2.22. The van der Waals surface area contributed by atoms with Crippen LogP contribution in [0.4, 0.5) is 8.78 Å². The SMILES string of the molecule is COc1cc(F)c(CCCC=O)c(F)c1. The van der Waals surface area contributed by atoms with Crippen molar-refractivity contribution in [2.75, 3.05) is 7.11 Å². The van der Waals surface area contributed by atoms with Crippen LogP contribution >= 0.6 is 0 Å². The summed E-state index contributed by atoms with van der Waals surface area (Å²) in [6.07, 6.45) is 1.72. The Labute approximate surface area is 86.9 Å². The zero-order valence-electron chi connectivity index (χ0n) is 8.43. The molecule has 1 aromatic rings. The van der Waals surface area contributed by atoms with E-state index in [-0.39, 0.29) is 17.7 Å². The molecule has 0 amide bonds. The zero-order valence-corrected chi connectivity index (χ0v) is 8.43. The fraction of sp³-hybridized carbons (Fsp3) is 0.364. The summed E-state index contributed by atoms with van der Waals surface area (Å²) in [5, 5.41) is 0. The number of methoxy groups -OCH3 is 1. The molecule has 0 radical (unpaired) electrons. The van der Waals surface area contributed by atoms with Gasteiger partial charge in [0.15, 0.2) is 0 Å². The summed E-state index contributed by atoms with van der Waals surface area (Å²) in [6.45, 7) is 0. The van der Waals surface area contributed by atoms with Crippen molar-refractivity contribution in [1.82, 2.24) is 0 Å². The maximum Gasteiger partial charge on any atom is 0.133 e. The Kier molecular flexibility index (Phi) is 4.21. The Balaban J connectivity index is 2.83. The molecule has 0 N–H and O–H groups in total. The van der Waals surface area contributed by atoms with E-state index in [2.05, 4.69) is 0 Å². The van der Waals surface area contributed by atoms with Crippen molar-refractivity contribution in [1.29, 1.82) is 0 Å². The molecule has 1 aromatic carbocycles. The van der Waals surface area contributed by atoms with Crippen LogP contribution in [0.5, 0.6) is 5.75 Å². The third kappa shape index (κ3) is 3.01. The number of benzene rings is 1. The van der Waals surface area contributed by atoms with Crippen molar-refractivity contribution in [2.24, 2.45) is 0 Å². The van der Waals surface area contributed by atoms with Gasteiger partial charge in [0.25, 0.3) is 0 Å². The number of aldehydes is 1. The fourth-order valence-corrected chi connectivity index (χ4v) is 1.30. The third-order valence-corrected chi connectivity index (χ3v) is 2.10. The zero-order chi connectivity index (χ0) is 11.3. The molecule has 0 bridgehead atoms. The van der Waals surface area contributed by atoms with Gasteiger partial charge in [-0.15, -0.1) is 0 Å². The van der Waals surface area contributed by atoms with Crippen LogP contribution in [-0.2, 0) is 11.2 Å². The second kappa shape index (κ2) is 5.44. The van der Waals surface area contributed by atoms with Crippen LogP contribution in [-0.4, -0.2) is 13.4 Å². The summed E-state index contributed by atoms with van der Waals surface area (Å²) in [5.74, 6) is -1.10. The van der Waals surface area contributed by atoms with E-state index >= 15 is 0 Å². The molecule has 0 aromatic heterocycles. The highest BCUT2D eigenvalue weighted by molar-refractivity contribution is 5.49. The van der Waals surface area contributed by atoms with Gasteiger partial charge in [-0.1, -0.05) is 0 Å². The molecule has 2 nitrogen and oxygen atoms in total. The van der Waals surface area contributed by atoms with E-state index in [0.29, 0.717) is 12.8 Å². The predicted octanol–water partition coefficient (Wildman–Crippen LogP) is 2.50. The molecule has 1 rings (SSSR count). The molecule has 82 valence electrons. The minimum Gasteiger partial charge on any atom is -0.497 e. The van der Waals surface area contributed by atoms with Gasteiger partial charge in [0.1, 0.15) is 23.7 Å². The van der Waals surface area contributed by atoms with Gasteiger partial charge >= 0.3 is 0 Å². The van der Waals surface area contributed by atoms with Crippen molar-refractivity contribution >= 4 is 6.29 Å². The molecular formula is C11H12F2O2. The van der Waals surface area contributed by atoms with E-state index in [1.165, 1.54) is 7.11 Å². The standard InChI is InChI=1S/C11H12F2O2/c1-15-8-6-10(12)9(11(13)7-8)4-2-3-5-14/h5-7H,2-4H2,1H3. The van der Waals surface area contributed by atoms with E-state index in [4.69, 9.17) is 4.74 Å². The lowest BCUT2D eigenvalue weighted by Gasteiger charge is -2.06. The molecule has 0 saturated heterocycles. The number of carbonyl (C=O) groups excluding carboxylic acids is 1. The van der Waals surface area contributed by atoms with Crippen LogP contribution in [0.1, 0.15) is 18.4 Å². The Morgan fingerprint density at radius 1 is 1.33 bits per heavy atom. The molecule has 0 unspecified atom stereocenters. The van der Waals surface area contributed by atoms with E-state index < -0.39 is 11.6 Å². The van der Waals surface area contributed by atoms with Gasteiger partial charge < -0.3 is 9.53 Å². The monoisotopic (exact) mass is 214 g/mol. The maximum atomic E-state index is 13.3. The molecule has 0 fully saturated rings. The summed E-state index contributed by atoms with van der Waals surface area (Å²) >= 11 is 0. The van der Waals surface area contributed by atoms with Crippen LogP contribution in [0.2, 0.25) is 0 Å². The van der Waals surface area contributed by atoms with Gasteiger partial charge in [0.2, 0.25) is 0 Å².